The van der Waals surface area contributed by atoms with Crippen LogP contribution in [0.15, 0.2) is 54.7 Å². The van der Waals surface area contributed by atoms with Crippen molar-refractivity contribution in [1.29, 1.82) is 0 Å². The van der Waals surface area contributed by atoms with E-state index in [4.69, 9.17) is 9.47 Å². The molecule has 0 amide bonds. The molecule has 0 unspecified atom stereocenters. The third-order valence-electron chi connectivity index (χ3n) is 3.85. The van der Waals surface area contributed by atoms with Gasteiger partial charge in [0.25, 0.3) is 0 Å². The number of aromatic nitrogens is 3. The molecule has 7 nitrogen and oxygen atoms in total. The van der Waals surface area contributed by atoms with E-state index in [0.717, 1.165) is 6.54 Å². The number of ether oxygens (including phenoxy) is 2. The zero-order chi connectivity index (χ0) is 18.4. The normalized spacial score (nSPS) is 10.3. The molecule has 0 fully saturated rings. The number of benzene rings is 2. The molecule has 0 aliphatic carbocycles. The van der Waals surface area contributed by atoms with Crippen molar-refractivity contribution in [2.45, 2.75) is 6.54 Å². The maximum Gasteiger partial charge on any atom is 0.249 e. The smallest absolute Gasteiger partial charge is 0.249 e. The minimum atomic E-state index is 0.383. The Balaban J connectivity index is 1.79. The first-order chi connectivity index (χ1) is 12.7. The lowest BCUT2D eigenvalue weighted by atomic mass is 10.2. The monoisotopic (exact) mass is 351 g/mol. The Morgan fingerprint density at radius 2 is 1.85 bits per heavy atom. The zero-order valence-corrected chi connectivity index (χ0v) is 15.0. The van der Waals surface area contributed by atoms with E-state index in [1.807, 2.05) is 48.3 Å². The van der Waals surface area contributed by atoms with E-state index in [1.165, 1.54) is 5.56 Å². The summed E-state index contributed by atoms with van der Waals surface area (Å²) in [5.41, 5.74) is 1.90. The van der Waals surface area contributed by atoms with Crippen molar-refractivity contribution < 1.29 is 9.47 Å². The second-order valence-corrected chi connectivity index (χ2v) is 5.67. The minimum absolute atomic E-state index is 0.383. The van der Waals surface area contributed by atoms with Crippen LogP contribution in [0, 0.1) is 0 Å². The van der Waals surface area contributed by atoms with Gasteiger partial charge in [-0.2, -0.15) is 10.1 Å². The SMILES string of the molecule is COc1ccc(OC)c(Nc2nncc(N(C)Cc3ccccc3)n2)c1. The number of methoxy groups -OCH3 is 2. The van der Waals surface area contributed by atoms with Crippen molar-refractivity contribution in [2.24, 2.45) is 0 Å². The van der Waals surface area contributed by atoms with Gasteiger partial charge >= 0.3 is 0 Å². The van der Waals surface area contributed by atoms with Gasteiger partial charge in [0.1, 0.15) is 11.5 Å². The molecule has 0 spiro atoms. The summed E-state index contributed by atoms with van der Waals surface area (Å²) < 4.78 is 10.6. The number of rotatable bonds is 7. The lowest BCUT2D eigenvalue weighted by molar-refractivity contribution is 0.405. The van der Waals surface area contributed by atoms with E-state index in [1.54, 1.807) is 20.4 Å². The minimum Gasteiger partial charge on any atom is -0.497 e. The summed E-state index contributed by atoms with van der Waals surface area (Å²) in [7, 11) is 5.19. The van der Waals surface area contributed by atoms with Crippen LogP contribution in [0.5, 0.6) is 11.5 Å². The third-order valence-corrected chi connectivity index (χ3v) is 3.85. The van der Waals surface area contributed by atoms with Gasteiger partial charge in [-0.1, -0.05) is 30.3 Å². The molecule has 0 aliphatic heterocycles. The van der Waals surface area contributed by atoms with Crippen molar-refractivity contribution in [2.75, 3.05) is 31.5 Å². The molecule has 0 radical (unpaired) electrons. The molecule has 0 aliphatic rings. The Morgan fingerprint density at radius 3 is 2.58 bits per heavy atom. The molecular formula is C19H21N5O2. The van der Waals surface area contributed by atoms with E-state index in [0.29, 0.717) is 29.0 Å². The summed E-state index contributed by atoms with van der Waals surface area (Å²) in [5, 5.41) is 11.3. The molecule has 3 aromatic rings. The largest absolute Gasteiger partial charge is 0.497 e. The van der Waals surface area contributed by atoms with Crippen LogP contribution in [-0.4, -0.2) is 36.4 Å². The van der Waals surface area contributed by atoms with E-state index in [-0.39, 0.29) is 0 Å². The Morgan fingerprint density at radius 1 is 1.04 bits per heavy atom. The lowest BCUT2D eigenvalue weighted by Gasteiger charge is -2.18. The van der Waals surface area contributed by atoms with Gasteiger partial charge in [0, 0.05) is 19.7 Å². The first kappa shape index (κ1) is 17.5. The van der Waals surface area contributed by atoms with Crippen LogP contribution in [0.25, 0.3) is 0 Å². The standard InChI is InChI=1S/C19H21N5O2/c1-24(13-14-7-5-4-6-8-14)18-12-20-23-19(22-18)21-16-11-15(25-2)9-10-17(16)26-3/h4-12H,13H2,1-3H3,(H,21,22,23). The molecule has 3 rings (SSSR count). The van der Waals surface area contributed by atoms with Gasteiger partial charge in [-0.15, -0.1) is 5.10 Å². The van der Waals surface area contributed by atoms with Gasteiger partial charge in [-0.3, -0.25) is 0 Å². The van der Waals surface area contributed by atoms with Crippen molar-refractivity contribution in [3.8, 4) is 11.5 Å². The van der Waals surface area contributed by atoms with Gasteiger partial charge < -0.3 is 19.7 Å². The highest BCUT2D eigenvalue weighted by atomic mass is 16.5. The molecule has 0 atom stereocenters. The average molecular weight is 351 g/mol. The highest BCUT2D eigenvalue weighted by Crippen LogP contribution is 2.30. The quantitative estimate of drug-likeness (QED) is 0.700. The fraction of sp³-hybridized carbons (Fsp3) is 0.211. The number of nitrogens with zero attached hydrogens (tertiary/aromatic N) is 4. The first-order valence-corrected chi connectivity index (χ1v) is 8.13. The topological polar surface area (TPSA) is 72.4 Å². The Hall–Kier alpha value is -3.35. The molecule has 2 aromatic carbocycles. The summed E-state index contributed by atoms with van der Waals surface area (Å²) in [5.74, 6) is 2.47. The van der Waals surface area contributed by atoms with Crippen LogP contribution < -0.4 is 19.7 Å². The van der Waals surface area contributed by atoms with Gasteiger partial charge in [0.2, 0.25) is 5.95 Å². The highest BCUT2D eigenvalue weighted by molar-refractivity contribution is 5.65. The molecule has 0 saturated heterocycles. The van der Waals surface area contributed by atoms with Gasteiger partial charge in [0.15, 0.2) is 5.82 Å². The van der Waals surface area contributed by atoms with Crippen molar-refractivity contribution in [3.63, 3.8) is 0 Å². The van der Waals surface area contributed by atoms with Crippen LogP contribution in [0.4, 0.5) is 17.5 Å². The predicted octanol–water partition coefficient (Wildman–Crippen LogP) is 3.27. The summed E-state index contributed by atoms with van der Waals surface area (Å²) >= 11 is 0. The summed E-state index contributed by atoms with van der Waals surface area (Å²) in [6.07, 6.45) is 1.64. The van der Waals surface area contributed by atoms with E-state index in [9.17, 15) is 0 Å². The summed E-state index contributed by atoms with van der Waals surface area (Å²) in [6.45, 7) is 0.724. The maximum atomic E-state index is 5.37. The van der Waals surface area contributed by atoms with Crippen molar-refractivity contribution in [1.82, 2.24) is 15.2 Å². The Labute approximate surface area is 152 Å². The number of nitrogens with one attached hydrogen (secondary N) is 1. The van der Waals surface area contributed by atoms with Crippen molar-refractivity contribution in [3.05, 3.63) is 60.3 Å². The molecule has 1 aromatic heterocycles. The summed E-state index contributed by atoms with van der Waals surface area (Å²) in [6, 6.07) is 15.7. The molecule has 26 heavy (non-hydrogen) atoms. The maximum absolute atomic E-state index is 5.37. The lowest BCUT2D eigenvalue weighted by Crippen LogP contribution is -2.18. The van der Waals surface area contributed by atoms with Crippen LogP contribution >= 0.6 is 0 Å². The van der Waals surface area contributed by atoms with Crippen LogP contribution in [0.1, 0.15) is 5.56 Å². The fourth-order valence-corrected chi connectivity index (χ4v) is 2.50. The first-order valence-electron chi connectivity index (χ1n) is 8.13. The number of hydrogen-bond donors (Lipinski definition) is 1. The van der Waals surface area contributed by atoms with Gasteiger partial charge in [-0.05, 0) is 17.7 Å². The van der Waals surface area contributed by atoms with E-state index in [2.05, 4.69) is 32.6 Å². The van der Waals surface area contributed by atoms with E-state index < -0.39 is 0 Å². The Bertz CT molecular complexity index is 858. The van der Waals surface area contributed by atoms with Crippen LogP contribution in [-0.2, 0) is 6.54 Å². The molecular weight excluding hydrogens is 330 g/mol. The molecule has 0 bridgehead atoms. The predicted molar refractivity (Wildman–Crippen MR) is 101 cm³/mol. The average Bonchev–Trinajstić information content (AvgIpc) is 2.69. The van der Waals surface area contributed by atoms with Gasteiger partial charge in [0.05, 0.1) is 26.1 Å². The molecule has 1 heterocycles. The number of anilines is 3. The van der Waals surface area contributed by atoms with Crippen LogP contribution in [0.3, 0.4) is 0 Å². The van der Waals surface area contributed by atoms with Crippen LogP contribution in [0.2, 0.25) is 0 Å². The van der Waals surface area contributed by atoms with Crippen molar-refractivity contribution >= 4 is 17.5 Å². The molecule has 0 saturated carbocycles. The number of hydrogen-bond acceptors (Lipinski definition) is 7. The molecule has 7 heteroatoms. The highest BCUT2D eigenvalue weighted by Gasteiger charge is 2.10. The zero-order valence-electron chi connectivity index (χ0n) is 15.0. The molecule has 134 valence electrons. The molecule has 1 N–H and O–H groups in total. The fourth-order valence-electron chi connectivity index (χ4n) is 2.50. The second kappa shape index (κ2) is 8.15. The van der Waals surface area contributed by atoms with Gasteiger partial charge in [-0.25, -0.2) is 0 Å². The van der Waals surface area contributed by atoms with E-state index >= 15 is 0 Å². The third kappa shape index (κ3) is 4.18. The summed E-state index contributed by atoms with van der Waals surface area (Å²) in [4.78, 5) is 6.55. The Kier molecular flexibility index (Phi) is 5.48. The second-order valence-electron chi connectivity index (χ2n) is 5.67.